The second kappa shape index (κ2) is 12.2. The lowest BCUT2D eigenvalue weighted by atomic mass is 10.0. The molecule has 0 bridgehead atoms. The number of aromatic nitrogens is 3. The van der Waals surface area contributed by atoms with Crippen LogP contribution in [0.3, 0.4) is 0 Å². The van der Waals surface area contributed by atoms with Crippen LogP contribution in [-0.4, -0.2) is 63.6 Å². The van der Waals surface area contributed by atoms with E-state index in [4.69, 9.17) is 4.74 Å². The molecule has 7 nitrogen and oxygen atoms in total. The van der Waals surface area contributed by atoms with Crippen LogP contribution in [-0.2, 0) is 6.18 Å². The summed E-state index contributed by atoms with van der Waals surface area (Å²) in [5.74, 6) is -3.50. The number of methoxy groups -OCH3 is 1. The van der Waals surface area contributed by atoms with Gasteiger partial charge >= 0.3 is 6.18 Å². The molecule has 0 aliphatic rings. The molecule has 13 heteroatoms. The van der Waals surface area contributed by atoms with Crippen molar-refractivity contribution < 1.29 is 35.9 Å². The number of fused-ring (bicyclic) bond motifs is 1. The molecule has 43 heavy (non-hydrogen) atoms. The number of likely N-dealkylation sites (N-methyl/N-ethyl adjacent to an activating group) is 1. The third-order valence-corrected chi connectivity index (χ3v) is 7.46. The van der Waals surface area contributed by atoms with Gasteiger partial charge in [-0.15, -0.1) is 0 Å². The predicted molar refractivity (Wildman–Crippen MR) is 148 cm³/mol. The van der Waals surface area contributed by atoms with E-state index in [-0.39, 0.29) is 41.1 Å². The van der Waals surface area contributed by atoms with Crippen LogP contribution in [0.5, 0.6) is 5.75 Å². The maximum Gasteiger partial charge on any atom is 0.433 e. The zero-order valence-electron chi connectivity index (χ0n) is 24.4. The Morgan fingerprint density at radius 2 is 1.70 bits per heavy atom. The molecule has 2 aromatic heterocycles. The van der Waals surface area contributed by atoms with Crippen LogP contribution in [0, 0.1) is 24.4 Å². The molecule has 0 saturated heterocycles. The van der Waals surface area contributed by atoms with Crippen molar-refractivity contribution in [1.82, 2.24) is 24.4 Å². The minimum absolute atomic E-state index is 0.0334. The first-order chi connectivity index (χ1) is 20.1. The first kappa shape index (κ1) is 31.8. The number of hydrogen-bond donors (Lipinski definition) is 0. The summed E-state index contributed by atoms with van der Waals surface area (Å²) in [7, 11) is 3.07. The fourth-order valence-electron chi connectivity index (χ4n) is 4.91. The molecule has 0 fully saturated rings. The predicted octanol–water partition coefficient (Wildman–Crippen LogP) is 6.69. The van der Waals surface area contributed by atoms with E-state index in [0.717, 1.165) is 12.3 Å². The highest BCUT2D eigenvalue weighted by Crippen LogP contribution is 2.37. The van der Waals surface area contributed by atoms with E-state index in [1.807, 2.05) is 0 Å². The number of carbonyl (C=O) groups is 1. The van der Waals surface area contributed by atoms with Crippen molar-refractivity contribution in [2.45, 2.75) is 46.0 Å². The van der Waals surface area contributed by atoms with Crippen molar-refractivity contribution in [2.24, 2.45) is 0 Å². The van der Waals surface area contributed by atoms with Crippen LogP contribution in [0.4, 0.5) is 26.3 Å². The van der Waals surface area contributed by atoms with Gasteiger partial charge in [0, 0.05) is 47.9 Å². The molecular formula is C30H31F6N5O2. The molecule has 230 valence electrons. The van der Waals surface area contributed by atoms with Crippen LogP contribution in [0.25, 0.3) is 16.9 Å². The highest BCUT2D eigenvalue weighted by Gasteiger charge is 2.39. The summed E-state index contributed by atoms with van der Waals surface area (Å²) >= 11 is 0. The molecule has 2 heterocycles. The van der Waals surface area contributed by atoms with Crippen LogP contribution in [0.15, 0.2) is 42.6 Å². The highest BCUT2D eigenvalue weighted by atomic mass is 19.4. The number of alkyl halides is 3. The zero-order valence-corrected chi connectivity index (χ0v) is 24.4. The smallest absolute Gasteiger partial charge is 0.433 e. The van der Waals surface area contributed by atoms with E-state index in [1.165, 1.54) is 18.9 Å². The summed E-state index contributed by atoms with van der Waals surface area (Å²) < 4.78 is 90.7. The number of carbonyl (C=O) groups excluding carboxylic acids is 1. The molecule has 0 spiro atoms. The average Bonchev–Trinajstić information content (AvgIpc) is 3.36. The Morgan fingerprint density at radius 1 is 1.05 bits per heavy atom. The zero-order chi connectivity index (χ0) is 31.8. The van der Waals surface area contributed by atoms with Gasteiger partial charge in [-0.2, -0.15) is 18.3 Å². The van der Waals surface area contributed by atoms with Gasteiger partial charge in [-0.25, -0.2) is 22.7 Å². The molecule has 0 N–H and O–H groups in total. The Kier molecular flexibility index (Phi) is 9.05. The molecule has 1 amide bonds. The van der Waals surface area contributed by atoms with Gasteiger partial charge in [-0.3, -0.25) is 9.69 Å². The fraction of sp³-hybridized carbons (Fsp3) is 0.367. The lowest BCUT2D eigenvalue weighted by Gasteiger charge is -2.31. The Labute approximate surface area is 244 Å². The SMILES string of the molecule is COc1ccc(-c2nc3c(C(=O)N(CCN(C)[C@@H](C)c4cc(F)cc(F)c4F)C(C)C)cnn3c(C(F)(F)F)c2C)cc1. The fourth-order valence-corrected chi connectivity index (χ4v) is 4.91. The van der Waals surface area contributed by atoms with Gasteiger partial charge in [0.05, 0.1) is 19.0 Å². The molecule has 4 aromatic rings. The van der Waals surface area contributed by atoms with Crippen LogP contribution >= 0.6 is 0 Å². The van der Waals surface area contributed by atoms with Crippen LogP contribution in [0.2, 0.25) is 0 Å². The van der Waals surface area contributed by atoms with Crippen molar-refractivity contribution in [3.8, 4) is 17.0 Å². The van der Waals surface area contributed by atoms with Crippen molar-refractivity contribution >= 4 is 11.6 Å². The number of amides is 1. The van der Waals surface area contributed by atoms with E-state index >= 15 is 0 Å². The molecule has 4 rings (SSSR count). The summed E-state index contributed by atoms with van der Waals surface area (Å²) in [5, 5.41) is 3.90. The van der Waals surface area contributed by atoms with Crippen molar-refractivity contribution in [1.29, 1.82) is 0 Å². The minimum Gasteiger partial charge on any atom is -0.497 e. The Morgan fingerprint density at radius 3 is 2.28 bits per heavy atom. The van der Waals surface area contributed by atoms with Crippen LogP contribution in [0.1, 0.15) is 54.0 Å². The Balaban J connectivity index is 1.70. The van der Waals surface area contributed by atoms with E-state index in [9.17, 15) is 31.1 Å². The van der Waals surface area contributed by atoms with Gasteiger partial charge in [-0.1, -0.05) is 0 Å². The first-order valence-corrected chi connectivity index (χ1v) is 13.4. The van der Waals surface area contributed by atoms with E-state index < -0.39 is 47.3 Å². The second-order valence-corrected chi connectivity index (χ2v) is 10.5. The second-order valence-electron chi connectivity index (χ2n) is 10.5. The van der Waals surface area contributed by atoms with Gasteiger partial charge in [0.1, 0.15) is 17.1 Å². The first-order valence-electron chi connectivity index (χ1n) is 13.4. The number of rotatable bonds is 9. The Hall–Kier alpha value is -4.13. The number of nitrogens with zero attached hydrogens (tertiary/aromatic N) is 5. The van der Waals surface area contributed by atoms with E-state index in [0.29, 0.717) is 21.9 Å². The van der Waals surface area contributed by atoms with Gasteiger partial charge in [0.2, 0.25) is 0 Å². The number of ether oxygens (including phenoxy) is 1. The van der Waals surface area contributed by atoms with E-state index in [2.05, 4.69) is 10.1 Å². The number of halogens is 6. The summed E-state index contributed by atoms with van der Waals surface area (Å²) in [4.78, 5) is 21.3. The number of hydrogen-bond acceptors (Lipinski definition) is 5. The van der Waals surface area contributed by atoms with Gasteiger partial charge < -0.3 is 9.64 Å². The standard InChI is InChI=1S/C30H31F6N5O2/c1-16(2)40(12-11-39(5)18(4)22-13-20(31)14-24(32)25(22)33)29(42)23-15-37-41-27(30(34,35)36)17(3)26(38-28(23)41)19-7-9-21(43-6)10-8-19/h7-10,13-16,18H,11-12H2,1-6H3/t18-/m0/s1. The van der Waals surface area contributed by atoms with Crippen molar-refractivity contribution in [3.05, 3.63) is 82.4 Å². The van der Waals surface area contributed by atoms with Gasteiger partial charge in [0.25, 0.3) is 5.91 Å². The van der Waals surface area contributed by atoms with Crippen molar-refractivity contribution in [2.75, 3.05) is 27.2 Å². The molecule has 2 aromatic carbocycles. The molecule has 0 radical (unpaired) electrons. The molecule has 0 saturated carbocycles. The highest BCUT2D eigenvalue weighted by molar-refractivity contribution is 6.00. The number of benzene rings is 2. The monoisotopic (exact) mass is 607 g/mol. The molecule has 0 unspecified atom stereocenters. The quantitative estimate of drug-likeness (QED) is 0.157. The average molecular weight is 608 g/mol. The van der Waals surface area contributed by atoms with Crippen molar-refractivity contribution in [3.63, 3.8) is 0 Å². The summed E-state index contributed by atoms with van der Waals surface area (Å²) in [6.07, 6.45) is -3.75. The van der Waals surface area contributed by atoms with Crippen LogP contribution < -0.4 is 4.74 Å². The molecule has 1 atom stereocenters. The summed E-state index contributed by atoms with van der Waals surface area (Å²) in [5.41, 5.74) is -1.38. The van der Waals surface area contributed by atoms with Gasteiger partial charge in [-0.05, 0) is 65.1 Å². The lowest BCUT2D eigenvalue weighted by Crippen LogP contribution is -2.42. The summed E-state index contributed by atoms with van der Waals surface area (Å²) in [6, 6.07) is 6.56. The third kappa shape index (κ3) is 6.31. The molecule has 0 aliphatic carbocycles. The normalized spacial score (nSPS) is 12.8. The third-order valence-electron chi connectivity index (χ3n) is 7.46. The van der Waals surface area contributed by atoms with Gasteiger partial charge in [0.15, 0.2) is 23.0 Å². The minimum atomic E-state index is -4.80. The largest absolute Gasteiger partial charge is 0.497 e. The van der Waals surface area contributed by atoms with E-state index in [1.54, 1.807) is 57.0 Å². The summed E-state index contributed by atoms with van der Waals surface area (Å²) in [6.45, 7) is 6.54. The Bertz CT molecular complexity index is 1640. The lowest BCUT2D eigenvalue weighted by molar-refractivity contribution is -0.143. The topological polar surface area (TPSA) is 63.0 Å². The maximum absolute atomic E-state index is 14.4. The molecule has 0 aliphatic heterocycles. The molecular weight excluding hydrogens is 576 g/mol. The maximum atomic E-state index is 14.4.